The van der Waals surface area contributed by atoms with E-state index in [1.54, 1.807) is 5.57 Å². The fourth-order valence-electron chi connectivity index (χ4n) is 4.53. The van der Waals surface area contributed by atoms with Gasteiger partial charge in [0.2, 0.25) is 0 Å². The second-order valence-corrected chi connectivity index (χ2v) is 7.49. The van der Waals surface area contributed by atoms with Crippen LogP contribution in [0.2, 0.25) is 0 Å². The summed E-state index contributed by atoms with van der Waals surface area (Å²) in [4.78, 5) is 14.8. The highest BCUT2D eigenvalue weighted by Crippen LogP contribution is 2.43. The van der Waals surface area contributed by atoms with Crippen molar-refractivity contribution in [3.05, 3.63) is 59.2 Å². The molecule has 0 amide bonds. The van der Waals surface area contributed by atoms with Crippen LogP contribution in [0.3, 0.4) is 0 Å². The Morgan fingerprint density at radius 2 is 2.08 bits per heavy atom. The summed E-state index contributed by atoms with van der Waals surface area (Å²) in [5, 5.41) is 0. The largest absolute Gasteiger partial charge is 0.468 e. The number of ether oxygens (including phenoxy) is 1. The molecule has 1 fully saturated rings. The quantitative estimate of drug-likeness (QED) is 0.681. The molecule has 1 aliphatic carbocycles. The zero-order valence-electron chi connectivity index (χ0n) is 16.3. The van der Waals surface area contributed by atoms with Crippen LogP contribution >= 0.6 is 0 Å². The Morgan fingerprint density at radius 3 is 2.73 bits per heavy atom. The van der Waals surface area contributed by atoms with Gasteiger partial charge in [-0.05, 0) is 48.8 Å². The topological polar surface area (TPSA) is 29.5 Å². The third-order valence-corrected chi connectivity index (χ3v) is 5.88. The molecule has 3 heteroatoms. The molecule has 0 aromatic heterocycles. The van der Waals surface area contributed by atoms with Crippen LogP contribution in [0.1, 0.15) is 38.7 Å². The number of fused-ring (bicyclic) bond motifs is 1. The molecule has 0 radical (unpaired) electrons. The van der Waals surface area contributed by atoms with E-state index in [1.165, 1.54) is 37.5 Å². The van der Waals surface area contributed by atoms with Crippen molar-refractivity contribution in [2.45, 2.75) is 45.6 Å². The van der Waals surface area contributed by atoms with Crippen LogP contribution in [0.15, 0.2) is 53.6 Å². The zero-order chi connectivity index (χ0) is 18.5. The highest BCUT2D eigenvalue weighted by atomic mass is 16.5. The first-order valence-electron chi connectivity index (χ1n) is 9.91. The highest BCUT2D eigenvalue weighted by Gasteiger charge is 2.42. The molecule has 1 aromatic rings. The molecule has 2 aliphatic rings. The van der Waals surface area contributed by atoms with Gasteiger partial charge in [0.05, 0.1) is 7.11 Å². The molecule has 1 aliphatic heterocycles. The molecule has 26 heavy (non-hydrogen) atoms. The summed E-state index contributed by atoms with van der Waals surface area (Å²) in [5.74, 6) is 0.955. The van der Waals surface area contributed by atoms with Crippen molar-refractivity contribution >= 4 is 5.97 Å². The molecular formula is C23H31NO2. The summed E-state index contributed by atoms with van der Waals surface area (Å²) in [6.45, 7) is 6.30. The van der Waals surface area contributed by atoms with Gasteiger partial charge in [0, 0.05) is 19.0 Å². The smallest absolute Gasteiger partial charge is 0.323 e. The lowest BCUT2D eigenvalue weighted by Gasteiger charge is -2.26. The van der Waals surface area contributed by atoms with Crippen LogP contribution < -0.4 is 0 Å². The van der Waals surface area contributed by atoms with Gasteiger partial charge in [0.15, 0.2) is 0 Å². The molecule has 3 nitrogen and oxygen atoms in total. The van der Waals surface area contributed by atoms with Gasteiger partial charge in [-0.1, -0.05) is 55.8 Å². The van der Waals surface area contributed by atoms with Crippen molar-refractivity contribution < 1.29 is 9.53 Å². The minimum atomic E-state index is -0.196. The van der Waals surface area contributed by atoms with Gasteiger partial charge in [-0.3, -0.25) is 9.69 Å². The zero-order valence-corrected chi connectivity index (χ0v) is 16.3. The van der Waals surface area contributed by atoms with Crippen molar-refractivity contribution in [1.29, 1.82) is 0 Å². The van der Waals surface area contributed by atoms with Crippen molar-refractivity contribution in [1.82, 2.24) is 4.90 Å². The number of methoxy groups -OCH3 is 1. The van der Waals surface area contributed by atoms with Crippen molar-refractivity contribution in [2.24, 2.45) is 11.8 Å². The van der Waals surface area contributed by atoms with Crippen LogP contribution in [0.4, 0.5) is 0 Å². The lowest BCUT2D eigenvalue weighted by molar-refractivity contribution is -0.146. The van der Waals surface area contributed by atoms with Crippen molar-refractivity contribution in [2.75, 3.05) is 20.2 Å². The van der Waals surface area contributed by atoms with Gasteiger partial charge in [0.1, 0.15) is 6.04 Å². The SMILES string of the molecule is C/C=C1/C(CCCC)=CC2CN(C(Cc3ccccc3)C(=O)OC)CC12. The van der Waals surface area contributed by atoms with Gasteiger partial charge in [-0.15, -0.1) is 0 Å². The second kappa shape index (κ2) is 8.68. The third-order valence-electron chi connectivity index (χ3n) is 5.88. The molecule has 0 N–H and O–H groups in total. The van der Waals surface area contributed by atoms with E-state index in [-0.39, 0.29) is 12.0 Å². The lowest BCUT2D eigenvalue weighted by atomic mass is 9.93. The first-order chi connectivity index (χ1) is 12.7. The maximum absolute atomic E-state index is 12.5. The monoisotopic (exact) mass is 353 g/mol. The molecule has 3 rings (SSSR count). The normalized spacial score (nSPS) is 25.2. The molecule has 0 spiro atoms. The van der Waals surface area contributed by atoms with Crippen molar-refractivity contribution in [3.8, 4) is 0 Å². The van der Waals surface area contributed by atoms with Gasteiger partial charge in [-0.2, -0.15) is 0 Å². The highest BCUT2D eigenvalue weighted by molar-refractivity contribution is 5.76. The number of benzene rings is 1. The minimum Gasteiger partial charge on any atom is -0.468 e. The van der Waals surface area contributed by atoms with E-state index in [2.05, 4.69) is 43.0 Å². The summed E-state index contributed by atoms with van der Waals surface area (Å²) >= 11 is 0. The van der Waals surface area contributed by atoms with E-state index < -0.39 is 0 Å². The summed E-state index contributed by atoms with van der Waals surface area (Å²) in [6.07, 6.45) is 9.16. The molecule has 1 heterocycles. The van der Waals surface area contributed by atoms with E-state index in [9.17, 15) is 4.79 Å². The van der Waals surface area contributed by atoms with E-state index in [1.807, 2.05) is 18.2 Å². The van der Waals surface area contributed by atoms with Gasteiger partial charge in [-0.25, -0.2) is 0 Å². The molecule has 0 bridgehead atoms. The summed E-state index contributed by atoms with van der Waals surface area (Å²) in [5.41, 5.74) is 4.24. The maximum Gasteiger partial charge on any atom is 0.323 e. The first kappa shape index (κ1) is 18.9. The Bertz CT molecular complexity index is 677. The number of allylic oxidation sites excluding steroid dienone is 2. The molecule has 3 atom stereocenters. The van der Waals surface area contributed by atoms with Crippen LogP contribution in [0, 0.1) is 11.8 Å². The molecule has 1 saturated heterocycles. The van der Waals surface area contributed by atoms with Gasteiger partial charge < -0.3 is 4.74 Å². The second-order valence-electron chi connectivity index (χ2n) is 7.49. The predicted octanol–water partition coefficient (Wildman–Crippen LogP) is 4.40. The number of rotatable bonds is 7. The van der Waals surface area contributed by atoms with Crippen molar-refractivity contribution in [3.63, 3.8) is 0 Å². The molecule has 3 unspecified atom stereocenters. The summed E-state index contributed by atoms with van der Waals surface area (Å²) in [7, 11) is 1.50. The number of hydrogen-bond donors (Lipinski definition) is 0. The Morgan fingerprint density at radius 1 is 1.31 bits per heavy atom. The Hall–Kier alpha value is -1.87. The molecule has 140 valence electrons. The average Bonchev–Trinajstić information content (AvgIpc) is 3.21. The number of nitrogens with zero attached hydrogens (tertiary/aromatic N) is 1. The van der Waals surface area contributed by atoms with E-state index in [0.717, 1.165) is 13.1 Å². The average molecular weight is 354 g/mol. The van der Waals surface area contributed by atoms with E-state index in [4.69, 9.17) is 4.74 Å². The number of esters is 1. The van der Waals surface area contributed by atoms with Crippen LogP contribution in [-0.4, -0.2) is 37.1 Å². The van der Waals surface area contributed by atoms with Crippen LogP contribution in [0.5, 0.6) is 0 Å². The maximum atomic E-state index is 12.5. The molecule has 0 saturated carbocycles. The summed E-state index contributed by atoms with van der Waals surface area (Å²) < 4.78 is 5.14. The van der Waals surface area contributed by atoms with E-state index >= 15 is 0 Å². The number of hydrogen-bond acceptors (Lipinski definition) is 3. The van der Waals surface area contributed by atoms with Gasteiger partial charge in [0.25, 0.3) is 0 Å². The number of carbonyl (C=O) groups is 1. The number of unbranched alkanes of at least 4 members (excludes halogenated alkanes) is 1. The molecular weight excluding hydrogens is 322 g/mol. The fraction of sp³-hybridized carbons (Fsp3) is 0.522. The first-order valence-corrected chi connectivity index (χ1v) is 9.91. The predicted molar refractivity (Wildman–Crippen MR) is 106 cm³/mol. The van der Waals surface area contributed by atoms with Crippen LogP contribution in [0.25, 0.3) is 0 Å². The van der Waals surface area contributed by atoms with Crippen LogP contribution in [-0.2, 0) is 16.0 Å². The molecule has 1 aromatic carbocycles. The van der Waals surface area contributed by atoms with Gasteiger partial charge >= 0.3 is 5.97 Å². The Balaban J connectivity index is 1.75. The fourth-order valence-corrected chi connectivity index (χ4v) is 4.53. The standard InChI is InChI=1S/C23H31NO2/c1-4-6-12-18-14-19-15-24(16-21(19)20(18)5-2)22(23(25)26-3)13-17-10-8-7-9-11-17/h5,7-11,14,19,21-22H,4,6,12-13,15-16H2,1-3H3/b20-5-. The lowest BCUT2D eigenvalue weighted by Crippen LogP contribution is -2.42. The number of carbonyl (C=O) groups excluding carboxylic acids is 1. The minimum absolute atomic E-state index is 0.119. The van der Waals surface area contributed by atoms with E-state index in [0.29, 0.717) is 18.3 Å². The number of likely N-dealkylation sites (tertiary alicyclic amines) is 1. The Kier molecular flexibility index (Phi) is 6.31. The Labute approximate surface area is 157 Å². The summed E-state index contributed by atoms with van der Waals surface area (Å²) in [6, 6.07) is 10.1. The third kappa shape index (κ3) is 3.93.